The van der Waals surface area contributed by atoms with E-state index in [0.29, 0.717) is 5.69 Å². The molecule has 8 heteroatoms. The van der Waals surface area contributed by atoms with E-state index < -0.39 is 18.1 Å². The zero-order valence-corrected chi connectivity index (χ0v) is 13.5. The van der Waals surface area contributed by atoms with Crippen LogP contribution in [0.25, 0.3) is 0 Å². The first-order chi connectivity index (χ1) is 11.9. The van der Waals surface area contributed by atoms with Crippen molar-refractivity contribution in [3.8, 4) is 0 Å². The van der Waals surface area contributed by atoms with Crippen LogP contribution in [0, 0.1) is 0 Å². The van der Waals surface area contributed by atoms with Gasteiger partial charge in [-0.15, -0.1) is 0 Å². The molecule has 3 aromatic rings. The van der Waals surface area contributed by atoms with E-state index in [1.807, 2.05) is 0 Å². The van der Waals surface area contributed by atoms with Crippen LogP contribution >= 0.6 is 11.6 Å². The van der Waals surface area contributed by atoms with Gasteiger partial charge in [0.15, 0.2) is 0 Å². The summed E-state index contributed by atoms with van der Waals surface area (Å²) >= 11 is 6.03. The number of alkyl halides is 3. The van der Waals surface area contributed by atoms with Gasteiger partial charge in [0, 0.05) is 34.9 Å². The first-order valence-electron chi connectivity index (χ1n) is 7.48. The Labute approximate surface area is 146 Å². The van der Waals surface area contributed by atoms with E-state index in [4.69, 9.17) is 11.6 Å². The highest BCUT2D eigenvalue weighted by molar-refractivity contribution is 6.30. The lowest BCUT2D eigenvalue weighted by Crippen LogP contribution is -2.49. The molecule has 0 amide bonds. The van der Waals surface area contributed by atoms with E-state index in [2.05, 4.69) is 15.4 Å². The van der Waals surface area contributed by atoms with Gasteiger partial charge in [-0.2, -0.15) is 18.3 Å². The van der Waals surface area contributed by atoms with Gasteiger partial charge in [-0.1, -0.05) is 17.7 Å². The minimum Gasteiger partial charge on any atom is -0.340 e. The highest BCUT2D eigenvalue weighted by atomic mass is 35.5. The van der Waals surface area contributed by atoms with Crippen molar-refractivity contribution in [1.82, 2.24) is 14.8 Å². The second-order valence-corrected chi connectivity index (χ2v) is 6.26. The van der Waals surface area contributed by atoms with Gasteiger partial charge in [-0.25, -0.2) is 4.98 Å². The maximum absolute atomic E-state index is 14.5. The molecule has 0 spiro atoms. The Bertz CT molecular complexity index is 924. The molecule has 4 nitrogen and oxygen atoms in total. The number of hydrogen-bond acceptors (Lipinski definition) is 3. The van der Waals surface area contributed by atoms with Crippen molar-refractivity contribution in [2.24, 2.45) is 0 Å². The SMILES string of the molecule is FC(F)(F)C1(Cn2cccn2)c2cc(Cl)ccc2Nc2ncccc21. The Morgan fingerprint density at radius 1 is 1.12 bits per heavy atom. The third-order valence-corrected chi connectivity index (χ3v) is 4.64. The van der Waals surface area contributed by atoms with Crippen LogP contribution in [0.1, 0.15) is 11.1 Å². The van der Waals surface area contributed by atoms with Crippen LogP contribution < -0.4 is 5.32 Å². The molecule has 1 unspecified atom stereocenters. The van der Waals surface area contributed by atoms with Gasteiger partial charge in [0.1, 0.15) is 11.2 Å². The molecular formula is C17H12ClF3N4. The highest BCUT2D eigenvalue weighted by Gasteiger charge is 2.61. The summed E-state index contributed by atoms with van der Waals surface area (Å²) in [7, 11) is 0. The minimum absolute atomic E-state index is 0.0489. The summed E-state index contributed by atoms with van der Waals surface area (Å²) in [4.78, 5) is 4.10. The molecule has 0 fully saturated rings. The molecule has 25 heavy (non-hydrogen) atoms. The van der Waals surface area contributed by atoms with Gasteiger partial charge in [0.05, 0.1) is 6.54 Å². The van der Waals surface area contributed by atoms with Crippen LogP contribution in [-0.2, 0) is 12.0 Å². The van der Waals surface area contributed by atoms with Gasteiger partial charge in [-0.3, -0.25) is 4.68 Å². The largest absolute Gasteiger partial charge is 0.404 e. The summed E-state index contributed by atoms with van der Waals surface area (Å²) in [6.45, 7) is -0.406. The summed E-state index contributed by atoms with van der Waals surface area (Å²) in [6, 6.07) is 8.98. The maximum Gasteiger partial charge on any atom is 0.404 e. The average molecular weight is 365 g/mol. The molecule has 1 N–H and O–H groups in total. The first-order valence-corrected chi connectivity index (χ1v) is 7.86. The van der Waals surface area contributed by atoms with E-state index in [0.717, 1.165) is 0 Å². The van der Waals surface area contributed by atoms with Crippen molar-refractivity contribution >= 4 is 23.1 Å². The number of pyridine rings is 1. The Morgan fingerprint density at radius 2 is 1.96 bits per heavy atom. The number of halogens is 4. The summed E-state index contributed by atoms with van der Waals surface area (Å²) in [5.74, 6) is 0.182. The molecule has 3 heterocycles. The van der Waals surface area contributed by atoms with E-state index in [9.17, 15) is 13.2 Å². The lowest BCUT2D eigenvalue weighted by Gasteiger charge is -2.41. The van der Waals surface area contributed by atoms with Crippen molar-refractivity contribution in [1.29, 1.82) is 0 Å². The Kier molecular flexibility index (Phi) is 3.50. The predicted octanol–water partition coefficient (Wildman–Crippen LogP) is 4.54. The fourth-order valence-electron chi connectivity index (χ4n) is 3.30. The number of aromatic nitrogens is 3. The van der Waals surface area contributed by atoms with Crippen molar-refractivity contribution < 1.29 is 13.2 Å². The van der Waals surface area contributed by atoms with E-state index in [-0.39, 0.29) is 22.0 Å². The van der Waals surface area contributed by atoms with E-state index in [1.165, 1.54) is 41.5 Å². The Morgan fingerprint density at radius 3 is 2.68 bits per heavy atom. The summed E-state index contributed by atoms with van der Waals surface area (Å²) < 4.78 is 44.9. The zero-order valence-electron chi connectivity index (χ0n) is 12.8. The zero-order chi connectivity index (χ0) is 17.7. The summed E-state index contributed by atoms with van der Waals surface area (Å²) in [6.07, 6.45) is -0.163. The Balaban J connectivity index is 2.06. The van der Waals surface area contributed by atoms with Crippen LogP contribution in [0.3, 0.4) is 0 Å². The van der Waals surface area contributed by atoms with Gasteiger partial charge in [-0.05, 0) is 35.9 Å². The molecule has 1 aromatic carbocycles. The molecule has 0 aliphatic carbocycles. The van der Waals surface area contributed by atoms with Crippen LogP contribution in [0.2, 0.25) is 5.02 Å². The molecular weight excluding hydrogens is 353 g/mol. The molecule has 1 aliphatic rings. The molecule has 1 aliphatic heterocycles. The third-order valence-electron chi connectivity index (χ3n) is 4.40. The maximum atomic E-state index is 14.5. The van der Waals surface area contributed by atoms with Crippen LogP contribution in [0.5, 0.6) is 0 Å². The van der Waals surface area contributed by atoms with Gasteiger partial charge >= 0.3 is 6.18 Å². The number of rotatable bonds is 2. The Hall–Kier alpha value is -2.54. The molecule has 128 valence electrons. The highest BCUT2D eigenvalue weighted by Crippen LogP contribution is 2.54. The van der Waals surface area contributed by atoms with E-state index in [1.54, 1.807) is 18.2 Å². The number of anilines is 2. The van der Waals surface area contributed by atoms with Crippen molar-refractivity contribution in [3.63, 3.8) is 0 Å². The van der Waals surface area contributed by atoms with Gasteiger partial charge in [0.25, 0.3) is 0 Å². The first kappa shape index (κ1) is 16.0. The van der Waals surface area contributed by atoms with Crippen molar-refractivity contribution in [3.05, 3.63) is 71.1 Å². The van der Waals surface area contributed by atoms with Crippen LogP contribution in [0.4, 0.5) is 24.7 Å². The number of hydrogen-bond donors (Lipinski definition) is 1. The van der Waals surface area contributed by atoms with E-state index >= 15 is 0 Å². The molecule has 0 radical (unpaired) electrons. The third kappa shape index (κ3) is 2.38. The normalized spacial score (nSPS) is 19.0. The van der Waals surface area contributed by atoms with Crippen LogP contribution in [0.15, 0.2) is 55.0 Å². The number of nitrogens with zero attached hydrogens (tertiary/aromatic N) is 3. The fourth-order valence-corrected chi connectivity index (χ4v) is 3.47. The standard InChI is InChI=1S/C17H12ClF3N4/c18-11-4-5-14-13(9-11)16(17(19,20)21,10-25-8-2-7-23-25)12-3-1-6-22-15(12)24-14/h1-9H,10H2,(H,22,24). The number of fused-ring (bicyclic) bond motifs is 2. The van der Waals surface area contributed by atoms with Crippen LogP contribution in [-0.4, -0.2) is 20.9 Å². The topological polar surface area (TPSA) is 42.7 Å². The predicted molar refractivity (Wildman–Crippen MR) is 88.0 cm³/mol. The number of benzene rings is 1. The van der Waals surface area contributed by atoms with Gasteiger partial charge in [0.2, 0.25) is 0 Å². The molecule has 0 saturated heterocycles. The minimum atomic E-state index is -4.59. The smallest absolute Gasteiger partial charge is 0.340 e. The fraction of sp³-hybridized carbons (Fsp3) is 0.176. The quantitative estimate of drug-likeness (QED) is 0.726. The lowest BCUT2D eigenvalue weighted by molar-refractivity contribution is -0.182. The van der Waals surface area contributed by atoms with Gasteiger partial charge < -0.3 is 5.32 Å². The van der Waals surface area contributed by atoms with Crippen molar-refractivity contribution in [2.75, 3.05) is 5.32 Å². The molecule has 0 bridgehead atoms. The average Bonchev–Trinajstić information content (AvgIpc) is 3.07. The molecule has 1 atom stereocenters. The second-order valence-electron chi connectivity index (χ2n) is 5.82. The summed E-state index contributed by atoms with van der Waals surface area (Å²) in [5.41, 5.74) is -1.87. The molecule has 2 aromatic heterocycles. The van der Waals surface area contributed by atoms with Crippen molar-refractivity contribution in [2.45, 2.75) is 18.1 Å². The second kappa shape index (κ2) is 5.49. The number of nitrogens with one attached hydrogen (secondary N) is 1. The monoisotopic (exact) mass is 364 g/mol. The lowest BCUT2D eigenvalue weighted by atomic mass is 9.71. The molecule has 0 saturated carbocycles. The summed E-state index contributed by atoms with van der Waals surface area (Å²) in [5, 5.41) is 7.19. The molecule has 4 rings (SSSR count).